The minimum absolute atomic E-state index is 0.0473. The van der Waals surface area contributed by atoms with Crippen LogP contribution < -0.4 is 4.90 Å². The minimum atomic E-state index is -0.869. The van der Waals surface area contributed by atoms with Crippen LogP contribution in [0.15, 0.2) is 78.9 Å². The van der Waals surface area contributed by atoms with Crippen molar-refractivity contribution in [2.45, 2.75) is 31.8 Å². The summed E-state index contributed by atoms with van der Waals surface area (Å²) < 4.78 is 1.00. The number of benzene rings is 3. The molecular formula is C26H22ClIN2O3. The lowest BCUT2D eigenvalue weighted by molar-refractivity contribution is -0.140. The summed E-state index contributed by atoms with van der Waals surface area (Å²) in [7, 11) is 0. The first kappa shape index (κ1) is 23.4. The molecule has 1 aliphatic rings. The first-order chi connectivity index (χ1) is 15.8. The lowest BCUT2D eigenvalue weighted by Crippen LogP contribution is -2.47. The van der Waals surface area contributed by atoms with Gasteiger partial charge in [0.1, 0.15) is 6.04 Å². The average Bonchev–Trinajstić information content (AvgIpc) is 3.10. The van der Waals surface area contributed by atoms with Crippen LogP contribution in [0.25, 0.3) is 0 Å². The summed E-state index contributed by atoms with van der Waals surface area (Å²) in [6.45, 7) is 1.89. The summed E-state index contributed by atoms with van der Waals surface area (Å²) in [5, 5.41) is 0.588. The number of carbonyl (C=O) groups is 3. The van der Waals surface area contributed by atoms with Crippen LogP contribution in [0.5, 0.6) is 0 Å². The number of amides is 3. The third kappa shape index (κ3) is 5.12. The molecule has 3 aromatic rings. The molecule has 1 saturated heterocycles. The predicted molar refractivity (Wildman–Crippen MR) is 137 cm³/mol. The van der Waals surface area contributed by atoms with E-state index in [0.717, 1.165) is 14.7 Å². The predicted octanol–water partition coefficient (Wildman–Crippen LogP) is 5.41. The van der Waals surface area contributed by atoms with Gasteiger partial charge in [0.15, 0.2) is 0 Å². The van der Waals surface area contributed by atoms with Gasteiger partial charge < -0.3 is 4.90 Å². The largest absolute Gasteiger partial charge is 0.323 e. The van der Waals surface area contributed by atoms with Gasteiger partial charge in [-0.05, 0) is 77.0 Å². The molecule has 0 saturated carbocycles. The molecule has 5 nitrogen and oxygen atoms in total. The molecule has 0 spiro atoms. The van der Waals surface area contributed by atoms with E-state index in [2.05, 4.69) is 22.6 Å². The Morgan fingerprint density at radius 3 is 2.30 bits per heavy atom. The van der Waals surface area contributed by atoms with Crippen LogP contribution in [0, 0.1) is 3.57 Å². The van der Waals surface area contributed by atoms with E-state index >= 15 is 0 Å². The molecule has 1 fully saturated rings. The Bertz CT molecular complexity index is 1170. The Morgan fingerprint density at radius 2 is 1.67 bits per heavy atom. The van der Waals surface area contributed by atoms with E-state index in [-0.39, 0.29) is 36.6 Å². The van der Waals surface area contributed by atoms with Gasteiger partial charge in [0, 0.05) is 8.59 Å². The number of anilines is 1. The number of nitrogens with zero attached hydrogens (tertiary/aromatic N) is 2. The van der Waals surface area contributed by atoms with E-state index in [1.165, 1.54) is 4.90 Å². The lowest BCUT2D eigenvalue weighted by Gasteiger charge is -2.34. The molecule has 2 atom stereocenters. The van der Waals surface area contributed by atoms with Gasteiger partial charge in [0.25, 0.3) is 5.91 Å². The van der Waals surface area contributed by atoms with Crippen LogP contribution in [0.3, 0.4) is 0 Å². The van der Waals surface area contributed by atoms with Crippen molar-refractivity contribution in [2.75, 3.05) is 4.90 Å². The van der Waals surface area contributed by atoms with E-state index in [1.54, 1.807) is 41.3 Å². The van der Waals surface area contributed by atoms with Crippen LogP contribution in [-0.4, -0.2) is 28.7 Å². The quantitative estimate of drug-likeness (QED) is 0.293. The molecule has 3 aromatic carbocycles. The molecule has 168 valence electrons. The Morgan fingerprint density at radius 1 is 1.03 bits per heavy atom. The third-order valence-electron chi connectivity index (χ3n) is 5.80. The summed E-state index contributed by atoms with van der Waals surface area (Å²) >= 11 is 8.15. The standard InChI is InChI=1S/C26H22ClIN2O3/c1-17(19-5-3-2-4-6-19)29(24(31)15-18-7-9-20(27)10-8-18)23-16-25(32)30(26(23)33)22-13-11-21(28)12-14-22/h2-14,17,23H,15-16H2,1H3. The van der Waals surface area contributed by atoms with Crippen molar-refractivity contribution in [1.29, 1.82) is 0 Å². The van der Waals surface area contributed by atoms with Crippen molar-refractivity contribution in [3.63, 3.8) is 0 Å². The topological polar surface area (TPSA) is 57.7 Å². The molecule has 0 aliphatic carbocycles. The van der Waals surface area contributed by atoms with Gasteiger partial charge in [-0.3, -0.25) is 14.4 Å². The minimum Gasteiger partial charge on any atom is -0.323 e. The molecule has 1 heterocycles. The van der Waals surface area contributed by atoms with Gasteiger partial charge in [0.05, 0.1) is 24.6 Å². The van der Waals surface area contributed by atoms with Gasteiger partial charge in [0.2, 0.25) is 11.8 Å². The molecule has 1 aliphatic heterocycles. The van der Waals surface area contributed by atoms with Crippen LogP contribution in [0.2, 0.25) is 5.02 Å². The highest BCUT2D eigenvalue weighted by atomic mass is 127. The number of carbonyl (C=O) groups excluding carboxylic acids is 3. The average molecular weight is 573 g/mol. The summed E-state index contributed by atoms with van der Waals surface area (Å²) in [5.41, 5.74) is 2.21. The van der Waals surface area contributed by atoms with Crippen molar-refractivity contribution in [2.24, 2.45) is 0 Å². The zero-order valence-corrected chi connectivity index (χ0v) is 20.9. The van der Waals surface area contributed by atoms with Crippen molar-refractivity contribution < 1.29 is 14.4 Å². The molecule has 33 heavy (non-hydrogen) atoms. The maximum absolute atomic E-state index is 13.5. The van der Waals surface area contributed by atoms with Crippen LogP contribution in [-0.2, 0) is 20.8 Å². The Balaban J connectivity index is 1.67. The highest BCUT2D eigenvalue weighted by Crippen LogP contribution is 2.32. The van der Waals surface area contributed by atoms with Gasteiger partial charge in [-0.2, -0.15) is 0 Å². The molecule has 3 amide bonds. The summed E-state index contributed by atoms with van der Waals surface area (Å²) in [6.07, 6.45) is 0.0597. The second kappa shape index (κ2) is 10.1. The zero-order chi connectivity index (χ0) is 23.5. The summed E-state index contributed by atoms with van der Waals surface area (Å²) in [4.78, 5) is 42.7. The van der Waals surface area contributed by atoms with Gasteiger partial charge in [-0.15, -0.1) is 0 Å². The van der Waals surface area contributed by atoms with Gasteiger partial charge in [-0.1, -0.05) is 54.1 Å². The SMILES string of the molecule is CC(c1ccccc1)N(C(=O)Cc1ccc(Cl)cc1)C1CC(=O)N(c2ccc(I)cc2)C1=O. The van der Waals surface area contributed by atoms with E-state index < -0.39 is 6.04 Å². The Kier molecular flexibility index (Phi) is 7.14. The molecule has 0 N–H and O–H groups in total. The maximum atomic E-state index is 13.5. The molecule has 0 radical (unpaired) electrons. The van der Waals surface area contributed by atoms with Crippen LogP contribution in [0.4, 0.5) is 5.69 Å². The zero-order valence-electron chi connectivity index (χ0n) is 17.9. The second-order valence-corrected chi connectivity index (χ2v) is 9.64. The molecule has 0 aromatic heterocycles. The monoisotopic (exact) mass is 572 g/mol. The van der Waals surface area contributed by atoms with E-state index in [4.69, 9.17) is 11.6 Å². The normalized spacial score (nSPS) is 16.7. The van der Waals surface area contributed by atoms with E-state index in [0.29, 0.717) is 10.7 Å². The number of imide groups is 1. The van der Waals surface area contributed by atoms with Crippen molar-refractivity contribution in [3.05, 3.63) is 98.6 Å². The van der Waals surface area contributed by atoms with E-state index in [1.807, 2.05) is 49.4 Å². The third-order valence-corrected chi connectivity index (χ3v) is 6.77. The Hall–Kier alpha value is -2.71. The molecular weight excluding hydrogens is 551 g/mol. The summed E-state index contributed by atoms with van der Waals surface area (Å²) in [5.74, 6) is -0.909. The lowest BCUT2D eigenvalue weighted by atomic mass is 10.0. The first-order valence-corrected chi connectivity index (χ1v) is 12.0. The first-order valence-electron chi connectivity index (χ1n) is 10.6. The molecule has 0 bridgehead atoms. The fourth-order valence-corrected chi connectivity index (χ4v) is 4.60. The number of rotatable bonds is 6. The highest BCUT2D eigenvalue weighted by molar-refractivity contribution is 14.1. The smallest absolute Gasteiger partial charge is 0.257 e. The number of halogens is 2. The summed E-state index contributed by atoms with van der Waals surface area (Å²) in [6, 6.07) is 22.5. The fraction of sp³-hybridized carbons (Fsp3) is 0.192. The molecule has 2 unspecified atom stereocenters. The maximum Gasteiger partial charge on any atom is 0.257 e. The second-order valence-electron chi connectivity index (χ2n) is 7.95. The van der Waals surface area contributed by atoms with Crippen LogP contribution >= 0.6 is 34.2 Å². The van der Waals surface area contributed by atoms with Gasteiger partial charge >= 0.3 is 0 Å². The Labute approximate surface area is 211 Å². The number of hydrogen-bond donors (Lipinski definition) is 0. The van der Waals surface area contributed by atoms with Crippen LogP contribution in [0.1, 0.15) is 30.5 Å². The van der Waals surface area contributed by atoms with Crippen molar-refractivity contribution in [1.82, 2.24) is 4.90 Å². The molecule has 7 heteroatoms. The number of hydrogen-bond acceptors (Lipinski definition) is 3. The van der Waals surface area contributed by atoms with Gasteiger partial charge in [-0.25, -0.2) is 4.90 Å². The van der Waals surface area contributed by atoms with Crippen molar-refractivity contribution in [3.8, 4) is 0 Å². The highest BCUT2D eigenvalue weighted by Gasteiger charge is 2.45. The van der Waals surface area contributed by atoms with Crippen molar-refractivity contribution >= 4 is 57.6 Å². The van der Waals surface area contributed by atoms with E-state index in [9.17, 15) is 14.4 Å². The molecule has 4 rings (SSSR count). The fourth-order valence-electron chi connectivity index (χ4n) is 4.11.